The van der Waals surface area contributed by atoms with Gasteiger partial charge in [0.25, 0.3) is 0 Å². The van der Waals surface area contributed by atoms with Gasteiger partial charge in [0, 0.05) is 22.5 Å². The topological polar surface area (TPSA) is 109 Å². The monoisotopic (exact) mass is 363 g/mol. The van der Waals surface area contributed by atoms with E-state index in [1.165, 1.54) is 24.1 Å². The number of hydrogen-bond acceptors (Lipinski definition) is 6. The lowest BCUT2D eigenvalue weighted by Gasteiger charge is -2.45. The summed E-state index contributed by atoms with van der Waals surface area (Å²) in [6.07, 6.45) is 8.77. The van der Waals surface area contributed by atoms with Gasteiger partial charge in [-0.2, -0.15) is 10.1 Å². The molecule has 5 rings (SSSR count). The molecule has 0 unspecified atom stereocenters. The van der Waals surface area contributed by atoms with E-state index in [9.17, 15) is 0 Å². The molecular formula is C20H25N7. The number of nitrogens with zero attached hydrogens (tertiary/aromatic N) is 4. The minimum Gasteiger partial charge on any atom is -0.369 e. The molecule has 1 spiro atoms. The van der Waals surface area contributed by atoms with Crippen molar-refractivity contribution in [2.75, 3.05) is 4.90 Å². The zero-order valence-electron chi connectivity index (χ0n) is 15.4. The Morgan fingerprint density at radius 1 is 0.963 bits per heavy atom. The highest BCUT2D eigenvalue weighted by Crippen LogP contribution is 2.40. The van der Waals surface area contributed by atoms with Crippen molar-refractivity contribution in [2.45, 2.75) is 57.0 Å². The van der Waals surface area contributed by atoms with Crippen LogP contribution in [0.1, 0.15) is 49.8 Å². The fraction of sp³-hybridized carbons (Fsp3) is 0.450. The minimum absolute atomic E-state index is 0.286. The van der Waals surface area contributed by atoms with Crippen LogP contribution in [0.4, 0.5) is 5.69 Å². The fourth-order valence-electron chi connectivity index (χ4n) is 4.82. The van der Waals surface area contributed by atoms with Crippen molar-refractivity contribution in [3.8, 4) is 11.3 Å². The smallest absolute Gasteiger partial charge is 0.220 e. The number of aryl methyl sites for hydroxylation is 1. The van der Waals surface area contributed by atoms with E-state index in [-0.39, 0.29) is 5.96 Å². The normalized spacial score (nSPS) is 21.1. The Balaban J connectivity index is 1.51. The van der Waals surface area contributed by atoms with E-state index in [2.05, 4.69) is 44.4 Å². The molecule has 0 atom stereocenters. The van der Waals surface area contributed by atoms with Crippen molar-refractivity contribution in [3.63, 3.8) is 0 Å². The summed E-state index contributed by atoms with van der Waals surface area (Å²) in [4.78, 5) is 11.0. The van der Waals surface area contributed by atoms with Crippen LogP contribution in [-0.4, -0.2) is 27.8 Å². The summed E-state index contributed by atoms with van der Waals surface area (Å²) in [6.45, 7) is 0. The number of aromatic nitrogens is 2. The van der Waals surface area contributed by atoms with Gasteiger partial charge in [0.1, 0.15) is 5.66 Å². The Kier molecular flexibility index (Phi) is 3.70. The van der Waals surface area contributed by atoms with E-state index in [1.54, 1.807) is 0 Å². The number of aromatic amines is 1. The summed E-state index contributed by atoms with van der Waals surface area (Å²) in [5, 5.41) is 7.72. The molecule has 2 heterocycles. The summed E-state index contributed by atoms with van der Waals surface area (Å²) in [5.41, 5.74) is 17.7. The van der Waals surface area contributed by atoms with Crippen LogP contribution in [0.2, 0.25) is 0 Å². The SMILES string of the molecule is NC1=NC2(CCCCC2)N(c2ccc(-c3n[nH]c4c3CCC4)cc2)C(N)=N1. The highest BCUT2D eigenvalue weighted by Gasteiger charge is 2.42. The summed E-state index contributed by atoms with van der Waals surface area (Å²) in [6, 6.07) is 8.44. The number of anilines is 1. The predicted octanol–water partition coefficient (Wildman–Crippen LogP) is 2.68. The second-order valence-electron chi connectivity index (χ2n) is 7.75. The predicted molar refractivity (Wildman–Crippen MR) is 108 cm³/mol. The van der Waals surface area contributed by atoms with Crippen LogP contribution < -0.4 is 16.4 Å². The molecule has 1 fully saturated rings. The van der Waals surface area contributed by atoms with Crippen molar-refractivity contribution >= 4 is 17.6 Å². The van der Waals surface area contributed by atoms with E-state index in [0.29, 0.717) is 5.96 Å². The van der Waals surface area contributed by atoms with Crippen molar-refractivity contribution in [3.05, 3.63) is 35.5 Å². The van der Waals surface area contributed by atoms with E-state index in [4.69, 9.17) is 16.5 Å². The number of aliphatic imine (C=N–C) groups is 2. The second-order valence-corrected chi connectivity index (χ2v) is 7.75. The second kappa shape index (κ2) is 6.11. The number of guanidine groups is 2. The molecule has 1 aliphatic heterocycles. The third-order valence-electron chi connectivity index (χ3n) is 6.06. The maximum atomic E-state index is 6.31. The van der Waals surface area contributed by atoms with E-state index in [1.807, 2.05) is 0 Å². The molecule has 27 heavy (non-hydrogen) atoms. The molecule has 0 radical (unpaired) electrons. The van der Waals surface area contributed by atoms with Crippen LogP contribution in [-0.2, 0) is 12.8 Å². The fourth-order valence-corrected chi connectivity index (χ4v) is 4.82. The maximum absolute atomic E-state index is 6.31. The molecule has 7 nitrogen and oxygen atoms in total. The summed E-state index contributed by atoms with van der Waals surface area (Å²) in [5.74, 6) is 0.715. The van der Waals surface area contributed by atoms with Crippen LogP contribution in [0.25, 0.3) is 11.3 Å². The number of nitrogens with two attached hydrogens (primary N) is 2. The standard InChI is InChI=1S/C20H25N7/c21-18-23-19(22)27(20(24-18)11-2-1-3-12-20)14-9-7-13(8-10-14)17-15-5-4-6-16(15)25-26-17/h7-10H,1-6,11-12H2,(H,25,26)(H4,21,22,23,24). The van der Waals surface area contributed by atoms with Gasteiger partial charge in [-0.1, -0.05) is 18.6 Å². The Bertz CT molecular complexity index is 916. The van der Waals surface area contributed by atoms with Gasteiger partial charge in [0.15, 0.2) is 0 Å². The molecule has 5 N–H and O–H groups in total. The molecule has 1 aromatic heterocycles. The number of hydrogen-bond donors (Lipinski definition) is 3. The molecule has 140 valence electrons. The Morgan fingerprint density at radius 3 is 2.52 bits per heavy atom. The number of benzene rings is 1. The van der Waals surface area contributed by atoms with Crippen molar-refractivity contribution in [2.24, 2.45) is 21.5 Å². The molecule has 0 amide bonds. The zero-order chi connectivity index (χ0) is 18.4. The van der Waals surface area contributed by atoms with Crippen LogP contribution in [0.3, 0.4) is 0 Å². The van der Waals surface area contributed by atoms with Gasteiger partial charge in [-0.15, -0.1) is 0 Å². The first-order valence-corrected chi connectivity index (χ1v) is 9.83. The Labute approximate surface area is 158 Å². The lowest BCUT2D eigenvalue weighted by Crippen LogP contribution is -2.58. The summed E-state index contributed by atoms with van der Waals surface area (Å²) < 4.78 is 0. The molecule has 2 aliphatic carbocycles. The lowest BCUT2D eigenvalue weighted by molar-refractivity contribution is 0.305. The maximum Gasteiger partial charge on any atom is 0.220 e. The highest BCUT2D eigenvalue weighted by molar-refractivity contribution is 6.05. The van der Waals surface area contributed by atoms with Crippen molar-refractivity contribution in [1.82, 2.24) is 10.2 Å². The quantitative estimate of drug-likeness (QED) is 0.762. The first-order chi connectivity index (χ1) is 13.2. The molecule has 3 aliphatic rings. The van der Waals surface area contributed by atoms with Gasteiger partial charge in [-0.25, -0.2) is 4.99 Å². The van der Waals surface area contributed by atoms with E-state index >= 15 is 0 Å². The minimum atomic E-state index is -0.400. The number of fused-ring (bicyclic) bond motifs is 1. The van der Waals surface area contributed by atoms with Crippen molar-refractivity contribution < 1.29 is 0 Å². The zero-order valence-corrected chi connectivity index (χ0v) is 15.4. The van der Waals surface area contributed by atoms with E-state index < -0.39 is 5.66 Å². The molecule has 0 saturated heterocycles. The number of H-pyrrole nitrogens is 1. The molecule has 0 bridgehead atoms. The highest BCUT2D eigenvalue weighted by atomic mass is 15.4. The van der Waals surface area contributed by atoms with E-state index in [0.717, 1.165) is 55.5 Å². The Hall–Kier alpha value is -2.83. The number of rotatable bonds is 2. The first kappa shape index (κ1) is 16.4. The van der Waals surface area contributed by atoms with Crippen LogP contribution >= 0.6 is 0 Å². The van der Waals surface area contributed by atoms with Gasteiger partial charge in [-0.05, 0) is 57.1 Å². The van der Waals surface area contributed by atoms with Gasteiger partial charge < -0.3 is 11.5 Å². The molecular weight excluding hydrogens is 338 g/mol. The number of nitrogens with one attached hydrogen (secondary N) is 1. The molecule has 2 aromatic rings. The van der Waals surface area contributed by atoms with Gasteiger partial charge in [-0.3, -0.25) is 10.00 Å². The third-order valence-corrected chi connectivity index (χ3v) is 6.06. The average Bonchev–Trinajstić information content (AvgIpc) is 3.26. The average molecular weight is 363 g/mol. The van der Waals surface area contributed by atoms with Crippen LogP contribution in [0.5, 0.6) is 0 Å². The molecule has 1 saturated carbocycles. The first-order valence-electron chi connectivity index (χ1n) is 9.83. The third kappa shape index (κ3) is 2.60. The summed E-state index contributed by atoms with van der Waals surface area (Å²) >= 11 is 0. The van der Waals surface area contributed by atoms with Crippen molar-refractivity contribution in [1.29, 1.82) is 0 Å². The lowest BCUT2D eigenvalue weighted by atomic mass is 9.87. The van der Waals surface area contributed by atoms with Gasteiger partial charge >= 0.3 is 0 Å². The van der Waals surface area contributed by atoms with Crippen LogP contribution in [0, 0.1) is 0 Å². The molecule has 7 heteroatoms. The molecule has 1 aromatic carbocycles. The van der Waals surface area contributed by atoms with Gasteiger partial charge in [0.05, 0.1) is 5.69 Å². The summed E-state index contributed by atoms with van der Waals surface area (Å²) in [7, 11) is 0. The van der Waals surface area contributed by atoms with Gasteiger partial charge in [0.2, 0.25) is 11.9 Å². The largest absolute Gasteiger partial charge is 0.369 e. The van der Waals surface area contributed by atoms with Crippen LogP contribution in [0.15, 0.2) is 34.3 Å². The Morgan fingerprint density at radius 2 is 1.74 bits per heavy atom.